The lowest BCUT2D eigenvalue weighted by Gasteiger charge is -2.11. The number of anilines is 2. The van der Waals surface area contributed by atoms with Gasteiger partial charge in [0.25, 0.3) is 0 Å². The van der Waals surface area contributed by atoms with E-state index in [-0.39, 0.29) is 5.91 Å². The molecular formula is C17H19BrN2O. The molecule has 0 aliphatic rings. The predicted octanol–water partition coefficient (Wildman–Crippen LogP) is 4.14. The second-order valence-corrected chi connectivity index (χ2v) is 6.20. The molecule has 4 heteroatoms. The molecule has 0 saturated heterocycles. The van der Waals surface area contributed by atoms with E-state index in [1.165, 1.54) is 0 Å². The third kappa shape index (κ3) is 3.85. The molecule has 2 rings (SSSR count). The highest BCUT2D eigenvalue weighted by atomic mass is 79.9. The Morgan fingerprint density at radius 2 is 1.86 bits per heavy atom. The van der Waals surface area contributed by atoms with Crippen LogP contribution in [0.2, 0.25) is 0 Å². The highest BCUT2D eigenvalue weighted by Crippen LogP contribution is 2.28. The van der Waals surface area contributed by atoms with Crippen LogP contribution in [0.1, 0.15) is 22.3 Å². The van der Waals surface area contributed by atoms with Gasteiger partial charge in [-0.3, -0.25) is 4.79 Å². The number of hydrogen-bond acceptors (Lipinski definition) is 2. The standard InChI is InChI=1S/C17H19BrN2O/c1-10-4-5-11(2)13(6-10)8-17(21)20-16-9-15(19)12(3)7-14(16)18/h4-7,9H,8,19H2,1-3H3,(H,20,21). The van der Waals surface area contributed by atoms with Gasteiger partial charge in [-0.05, 0) is 65.5 Å². The highest BCUT2D eigenvalue weighted by Gasteiger charge is 2.10. The molecule has 0 aliphatic heterocycles. The van der Waals surface area contributed by atoms with E-state index in [1.54, 1.807) is 6.07 Å². The summed E-state index contributed by atoms with van der Waals surface area (Å²) >= 11 is 3.45. The van der Waals surface area contributed by atoms with Crippen molar-refractivity contribution < 1.29 is 4.79 Å². The molecule has 21 heavy (non-hydrogen) atoms. The Morgan fingerprint density at radius 1 is 1.14 bits per heavy atom. The zero-order valence-electron chi connectivity index (χ0n) is 12.5. The predicted molar refractivity (Wildman–Crippen MR) is 91.5 cm³/mol. The zero-order valence-corrected chi connectivity index (χ0v) is 14.0. The molecule has 0 saturated carbocycles. The van der Waals surface area contributed by atoms with Gasteiger partial charge in [-0.15, -0.1) is 0 Å². The SMILES string of the molecule is Cc1ccc(C)c(CC(=O)Nc2cc(N)c(C)cc2Br)c1. The lowest BCUT2D eigenvalue weighted by atomic mass is 10.0. The fourth-order valence-electron chi connectivity index (χ4n) is 2.14. The second-order valence-electron chi connectivity index (χ2n) is 5.34. The van der Waals surface area contributed by atoms with Crippen LogP contribution in [0.15, 0.2) is 34.8 Å². The van der Waals surface area contributed by atoms with Crippen LogP contribution in [0, 0.1) is 20.8 Å². The number of nitrogens with two attached hydrogens (primary N) is 1. The van der Waals surface area contributed by atoms with Crippen LogP contribution in [0.3, 0.4) is 0 Å². The smallest absolute Gasteiger partial charge is 0.228 e. The van der Waals surface area contributed by atoms with Crippen molar-refractivity contribution in [2.24, 2.45) is 0 Å². The first-order chi connectivity index (χ1) is 9.86. The van der Waals surface area contributed by atoms with Crippen LogP contribution in [0.5, 0.6) is 0 Å². The van der Waals surface area contributed by atoms with Gasteiger partial charge >= 0.3 is 0 Å². The largest absolute Gasteiger partial charge is 0.398 e. The van der Waals surface area contributed by atoms with Gasteiger partial charge in [0.15, 0.2) is 0 Å². The molecule has 110 valence electrons. The number of nitrogen functional groups attached to an aromatic ring is 1. The number of nitrogens with one attached hydrogen (secondary N) is 1. The summed E-state index contributed by atoms with van der Waals surface area (Å²) < 4.78 is 0.837. The van der Waals surface area contributed by atoms with Gasteiger partial charge in [0.05, 0.1) is 12.1 Å². The summed E-state index contributed by atoms with van der Waals surface area (Å²) in [5.74, 6) is -0.0485. The molecule has 0 radical (unpaired) electrons. The third-order valence-electron chi connectivity index (χ3n) is 3.49. The molecular weight excluding hydrogens is 328 g/mol. The number of benzene rings is 2. The molecule has 0 fully saturated rings. The molecule has 2 aromatic rings. The molecule has 3 nitrogen and oxygen atoms in total. The summed E-state index contributed by atoms with van der Waals surface area (Å²) in [4.78, 5) is 12.2. The average molecular weight is 347 g/mol. The van der Waals surface area contributed by atoms with Gasteiger partial charge in [0, 0.05) is 10.2 Å². The minimum absolute atomic E-state index is 0.0485. The van der Waals surface area contributed by atoms with Crippen molar-refractivity contribution in [3.63, 3.8) is 0 Å². The minimum atomic E-state index is -0.0485. The molecule has 0 aliphatic carbocycles. The van der Waals surface area contributed by atoms with Gasteiger partial charge in [0.2, 0.25) is 5.91 Å². The van der Waals surface area contributed by atoms with Gasteiger partial charge in [-0.25, -0.2) is 0 Å². The summed E-state index contributed by atoms with van der Waals surface area (Å²) in [5.41, 5.74) is 11.6. The fourth-order valence-corrected chi connectivity index (χ4v) is 2.70. The Bertz CT molecular complexity index is 695. The first-order valence-corrected chi connectivity index (χ1v) is 7.57. The van der Waals surface area contributed by atoms with Gasteiger partial charge in [-0.2, -0.15) is 0 Å². The molecule has 0 aromatic heterocycles. The quantitative estimate of drug-likeness (QED) is 0.820. The molecule has 0 heterocycles. The van der Waals surface area contributed by atoms with E-state index in [1.807, 2.05) is 45.0 Å². The van der Waals surface area contributed by atoms with Crippen LogP contribution in [-0.2, 0) is 11.2 Å². The van der Waals surface area contributed by atoms with E-state index in [0.717, 1.165) is 26.7 Å². The Labute approximate surface area is 133 Å². The maximum Gasteiger partial charge on any atom is 0.228 e. The van der Waals surface area contributed by atoms with Gasteiger partial charge < -0.3 is 11.1 Å². The lowest BCUT2D eigenvalue weighted by molar-refractivity contribution is -0.115. The summed E-state index contributed by atoms with van der Waals surface area (Å²) in [6.45, 7) is 5.97. The Balaban J connectivity index is 2.15. The molecule has 3 N–H and O–H groups in total. The van der Waals surface area contributed by atoms with Crippen LogP contribution >= 0.6 is 15.9 Å². The molecule has 0 spiro atoms. The monoisotopic (exact) mass is 346 g/mol. The van der Waals surface area contributed by atoms with Crippen LogP contribution in [-0.4, -0.2) is 5.91 Å². The number of aryl methyl sites for hydroxylation is 3. The van der Waals surface area contributed by atoms with Crippen LogP contribution < -0.4 is 11.1 Å². The Kier molecular flexibility index (Phi) is 4.68. The molecule has 1 amide bonds. The molecule has 0 atom stereocenters. The maximum atomic E-state index is 12.2. The number of hydrogen-bond donors (Lipinski definition) is 2. The molecule has 0 unspecified atom stereocenters. The van der Waals surface area contributed by atoms with Crippen molar-refractivity contribution in [3.05, 3.63) is 57.1 Å². The van der Waals surface area contributed by atoms with Crippen molar-refractivity contribution in [3.8, 4) is 0 Å². The summed E-state index contributed by atoms with van der Waals surface area (Å²) in [7, 11) is 0. The van der Waals surface area contributed by atoms with Crippen molar-refractivity contribution in [2.45, 2.75) is 27.2 Å². The van der Waals surface area contributed by atoms with E-state index in [4.69, 9.17) is 5.73 Å². The fraction of sp³-hybridized carbons (Fsp3) is 0.235. The van der Waals surface area contributed by atoms with Crippen molar-refractivity contribution in [1.82, 2.24) is 0 Å². The Morgan fingerprint density at radius 3 is 2.57 bits per heavy atom. The van der Waals surface area contributed by atoms with E-state index in [2.05, 4.69) is 21.2 Å². The minimum Gasteiger partial charge on any atom is -0.398 e. The average Bonchev–Trinajstić information content (AvgIpc) is 2.40. The maximum absolute atomic E-state index is 12.2. The number of amides is 1. The summed E-state index contributed by atoms with van der Waals surface area (Å²) in [6, 6.07) is 9.82. The Hall–Kier alpha value is -1.81. The number of carbonyl (C=O) groups excluding carboxylic acids is 1. The summed E-state index contributed by atoms with van der Waals surface area (Å²) in [5, 5.41) is 2.91. The topological polar surface area (TPSA) is 55.1 Å². The first-order valence-electron chi connectivity index (χ1n) is 6.78. The number of halogens is 1. The van der Waals surface area contributed by atoms with Gasteiger partial charge in [-0.1, -0.05) is 23.8 Å². The summed E-state index contributed by atoms with van der Waals surface area (Å²) in [6.07, 6.45) is 0.355. The van der Waals surface area contributed by atoms with Gasteiger partial charge in [0.1, 0.15) is 0 Å². The normalized spacial score (nSPS) is 10.5. The lowest BCUT2D eigenvalue weighted by Crippen LogP contribution is -2.15. The third-order valence-corrected chi connectivity index (χ3v) is 4.14. The van der Waals surface area contributed by atoms with Crippen molar-refractivity contribution in [2.75, 3.05) is 11.1 Å². The number of rotatable bonds is 3. The zero-order chi connectivity index (χ0) is 15.6. The van der Waals surface area contributed by atoms with E-state index in [0.29, 0.717) is 17.8 Å². The first kappa shape index (κ1) is 15.6. The van der Waals surface area contributed by atoms with Crippen molar-refractivity contribution in [1.29, 1.82) is 0 Å². The highest BCUT2D eigenvalue weighted by molar-refractivity contribution is 9.10. The van der Waals surface area contributed by atoms with Crippen molar-refractivity contribution >= 4 is 33.2 Å². The van der Waals surface area contributed by atoms with E-state index >= 15 is 0 Å². The van der Waals surface area contributed by atoms with Crippen LogP contribution in [0.4, 0.5) is 11.4 Å². The van der Waals surface area contributed by atoms with E-state index in [9.17, 15) is 4.79 Å². The molecule has 2 aromatic carbocycles. The number of carbonyl (C=O) groups is 1. The van der Waals surface area contributed by atoms with E-state index < -0.39 is 0 Å². The van der Waals surface area contributed by atoms with Crippen LogP contribution in [0.25, 0.3) is 0 Å². The molecule has 0 bridgehead atoms. The second kappa shape index (κ2) is 6.31.